The van der Waals surface area contributed by atoms with Crippen LogP contribution in [0.15, 0.2) is 42.7 Å². The van der Waals surface area contributed by atoms with Crippen molar-refractivity contribution in [3.63, 3.8) is 0 Å². The van der Waals surface area contributed by atoms with E-state index in [0.717, 1.165) is 53.8 Å². The molecule has 162 valence electrons. The largest absolute Gasteiger partial charge is 0.356 e. The highest BCUT2D eigenvalue weighted by molar-refractivity contribution is 7.51. The molecule has 7 nitrogen and oxygen atoms in total. The average Bonchev–Trinajstić information content (AvgIpc) is 2.76. The zero-order chi connectivity index (χ0) is 21.8. The Bertz CT molecular complexity index is 1120. The maximum Gasteiger partial charge on any atom is 0.325 e. The molecule has 0 amide bonds. The lowest BCUT2D eigenvalue weighted by molar-refractivity contribution is 0.350. The van der Waals surface area contributed by atoms with Crippen molar-refractivity contribution < 1.29 is 14.4 Å². The predicted octanol–water partition coefficient (Wildman–Crippen LogP) is 4.29. The monoisotopic (exact) mass is 438 g/mol. The summed E-state index contributed by atoms with van der Waals surface area (Å²) in [6.07, 6.45) is 9.75. The molecule has 0 aliphatic carbocycles. The summed E-state index contributed by atoms with van der Waals surface area (Å²) in [4.78, 5) is 34.3. The second kappa shape index (κ2) is 9.27. The lowest BCUT2D eigenvalue weighted by atomic mass is 9.94. The molecule has 1 fully saturated rings. The number of piperidine rings is 1. The number of pyridine rings is 1. The molecule has 2 aromatic heterocycles. The van der Waals surface area contributed by atoms with E-state index in [2.05, 4.69) is 35.0 Å². The van der Waals surface area contributed by atoms with Crippen LogP contribution in [0, 0.1) is 12.8 Å². The van der Waals surface area contributed by atoms with E-state index in [1.54, 1.807) is 12.4 Å². The summed E-state index contributed by atoms with van der Waals surface area (Å²) in [6.45, 7) is 3.69. The van der Waals surface area contributed by atoms with Crippen LogP contribution in [-0.2, 0) is 4.57 Å². The van der Waals surface area contributed by atoms with Gasteiger partial charge in [-0.15, -0.1) is 0 Å². The SMILES string of the molecule is Cc1ccc2c(N3CCC(CCP(=O)(O)O)CC3)nc(/C=C/c3cccnc3)nc2c1. The van der Waals surface area contributed by atoms with Crippen molar-refractivity contribution in [2.45, 2.75) is 26.2 Å². The minimum Gasteiger partial charge on any atom is -0.356 e. The third-order valence-corrected chi connectivity index (χ3v) is 6.54. The van der Waals surface area contributed by atoms with Crippen LogP contribution in [0.25, 0.3) is 23.1 Å². The first kappa shape index (κ1) is 21.6. The zero-order valence-corrected chi connectivity index (χ0v) is 18.4. The van der Waals surface area contributed by atoms with Gasteiger partial charge in [0.25, 0.3) is 0 Å². The van der Waals surface area contributed by atoms with Gasteiger partial charge in [0.2, 0.25) is 0 Å². The van der Waals surface area contributed by atoms with E-state index in [1.807, 2.05) is 24.3 Å². The van der Waals surface area contributed by atoms with E-state index in [4.69, 9.17) is 19.8 Å². The Kier molecular flexibility index (Phi) is 6.46. The van der Waals surface area contributed by atoms with Crippen molar-refractivity contribution in [1.29, 1.82) is 0 Å². The first-order valence-electron chi connectivity index (χ1n) is 10.5. The summed E-state index contributed by atoms with van der Waals surface area (Å²) in [7, 11) is -3.93. The summed E-state index contributed by atoms with van der Waals surface area (Å²) in [5.74, 6) is 1.91. The second-order valence-corrected chi connectivity index (χ2v) is 9.93. The normalized spacial score (nSPS) is 15.8. The second-order valence-electron chi connectivity index (χ2n) is 8.15. The molecule has 2 N–H and O–H groups in total. The van der Waals surface area contributed by atoms with Gasteiger partial charge in [-0.3, -0.25) is 9.55 Å². The zero-order valence-electron chi connectivity index (χ0n) is 17.6. The lowest BCUT2D eigenvalue weighted by Crippen LogP contribution is -2.34. The molecule has 31 heavy (non-hydrogen) atoms. The number of nitrogens with zero attached hydrogens (tertiary/aromatic N) is 4. The number of aryl methyl sites for hydroxylation is 1. The number of hydrogen-bond acceptors (Lipinski definition) is 5. The third-order valence-electron chi connectivity index (χ3n) is 5.70. The third kappa shape index (κ3) is 5.76. The van der Waals surface area contributed by atoms with Gasteiger partial charge >= 0.3 is 7.60 Å². The highest BCUT2D eigenvalue weighted by Crippen LogP contribution is 2.38. The molecule has 8 heteroatoms. The number of rotatable bonds is 6. The quantitative estimate of drug-likeness (QED) is 0.554. The van der Waals surface area contributed by atoms with Gasteiger partial charge < -0.3 is 14.7 Å². The number of fused-ring (bicyclic) bond motifs is 1. The van der Waals surface area contributed by atoms with Gasteiger partial charge in [0.05, 0.1) is 11.7 Å². The topological polar surface area (TPSA) is 99.4 Å². The maximum atomic E-state index is 11.2. The van der Waals surface area contributed by atoms with Gasteiger partial charge in [-0.05, 0) is 73.6 Å². The van der Waals surface area contributed by atoms with Crippen molar-refractivity contribution in [3.05, 3.63) is 59.7 Å². The van der Waals surface area contributed by atoms with E-state index in [9.17, 15) is 4.57 Å². The number of benzene rings is 1. The molecular formula is C23H27N4O3P. The lowest BCUT2D eigenvalue weighted by Gasteiger charge is -2.33. The van der Waals surface area contributed by atoms with Crippen LogP contribution in [0.3, 0.4) is 0 Å². The van der Waals surface area contributed by atoms with E-state index < -0.39 is 7.60 Å². The van der Waals surface area contributed by atoms with E-state index >= 15 is 0 Å². The Morgan fingerprint density at radius 1 is 1.16 bits per heavy atom. The molecule has 3 heterocycles. The average molecular weight is 438 g/mol. The Balaban J connectivity index is 1.58. The van der Waals surface area contributed by atoms with Gasteiger partial charge in [-0.25, -0.2) is 9.97 Å². The Hall–Kier alpha value is -2.60. The molecule has 0 spiro atoms. The number of hydrogen-bond donors (Lipinski definition) is 2. The van der Waals surface area contributed by atoms with E-state index in [1.165, 1.54) is 0 Å². The fraction of sp³-hybridized carbons (Fsp3) is 0.348. The van der Waals surface area contributed by atoms with Crippen LogP contribution in [-0.4, -0.2) is 44.0 Å². The van der Waals surface area contributed by atoms with Crippen molar-refractivity contribution in [1.82, 2.24) is 15.0 Å². The van der Waals surface area contributed by atoms with E-state index in [-0.39, 0.29) is 6.16 Å². The fourth-order valence-electron chi connectivity index (χ4n) is 3.99. The molecule has 1 aliphatic heterocycles. The maximum absolute atomic E-state index is 11.2. The van der Waals surface area contributed by atoms with Crippen LogP contribution in [0.5, 0.6) is 0 Å². The molecule has 1 aliphatic rings. The van der Waals surface area contributed by atoms with Crippen molar-refractivity contribution in [2.24, 2.45) is 5.92 Å². The molecular weight excluding hydrogens is 411 g/mol. The molecule has 1 aromatic carbocycles. The summed E-state index contributed by atoms with van der Waals surface area (Å²) in [5.41, 5.74) is 3.05. The highest BCUT2D eigenvalue weighted by atomic mass is 31.2. The molecule has 0 bridgehead atoms. The van der Waals surface area contributed by atoms with Crippen molar-refractivity contribution in [2.75, 3.05) is 24.2 Å². The van der Waals surface area contributed by atoms with Crippen LogP contribution in [0.4, 0.5) is 5.82 Å². The molecule has 0 saturated carbocycles. The van der Waals surface area contributed by atoms with Crippen LogP contribution in [0.2, 0.25) is 0 Å². The number of anilines is 1. The van der Waals surface area contributed by atoms with Crippen molar-refractivity contribution in [3.8, 4) is 0 Å². The highest BCUT2D eigenvalue weighted by Gasteiger charge is 2.24. The Morgan fingerprint density at radius 2 is 1.97 bits per heavy atom. The molecule has 1 saturated heterocycles. The predicted molar refractivity (Wildman–Crippen MR) is 124 cm³/mol. The van der Waals surface area contributed by atoms with Gasteiger partial charge in [0, 0.05) is 30.9 Å². The van der Waals surface area contributed by atoms with Gasteiger partial charge in [0.15, 0.2) is 5.82 Å². The first-order valence-corrected chi connectivity index (χ1v) is 12.3. The Labute approximate surface area is 182 Å². The molecule has 3 aromatic rings. The molecule has 0 radical (unpaired) electrons. The summed E-state index contributed by atoms with van der Waals surface area (Å²) in [5, 5.41) is 1.03. The van der Waals surface area contributed by atoms with Crippen LogP contribution < -0.4 is 4.90 Å². The van der Waals surface area contributed by atoms with Crippen molar-refractivity contribution >= 4 is 36.5 Å². The molecule has 0 unspecified atom stereocenters. The summed E-state index contributed by atoms with van der Waals surface area (Å²) < 4.78 is 11.2. The minimum atomic E-state index is -3.93. The van der Waals surface area contributed by atoms with Gasteiger partial charge in [-0.1, -0.05) is 12.1 Å². The fourth-order valence-corrected chi connectivity index (χ4v) is 4.69. The summed E-state index contributed by atoms with van der Waals surface area (Å²) in [6, 6.07) is 10.1. The Morgan fingerprint density at radius 3 is 2.68 bits per heavy atom. The van der Waals surface area contributed by atoms with Gasteiger partial charge in [0.1, 0.15) is 5.82 Å². The standard InChI is InChI=1S/C23H27N4O3P/c1-17-4-6-20-21(15-17)25-22(7-5-19-3-2-11-24-16-19)26-23(20)27-12-8-18(9-13-27)10-14-31(28,29)30/h2-7,11,15-16,18H,8-10,12-14H2,1H3,(H2,28,29,30)/b7-5+. The van der Waals surface area contributed by atoms with Gasteiger partial charge in [-0.2, -0.15) is 0 Å². The van der Waals surface area contributed by atoms with Crippen LogP contribution in [0.1, 0.15) is 36.2 Å². The molecule has 0 atom stereocenters. The molecule has 4 rings (SSSR count). The number of aromatic nitrogens is 3. The van der Waals surface area contributed by atoms with E-state index in [0.29, 0.717) is 18.2 Å². The summed E-state index contributed by atoms with van der Waals surface area (Å²) >= 11 is 0. The first-order chi connectivity index (χ1) is 14.9. The minimum absolute atomic E-state index is 0.0311. The van der Waals surface area contributed by atoms with Crippen LogP contribution >= 0.6 is 7.60 Å². The smallest absolute Gasteiger partial charge is 0.325 e.